The molecule has 0 aliphatic rings. The van der Waals surface area contributed by atoms with Crippen LogP contribution in [0.1, 0.15) is 33.1 Å². The lowest BCUT2D eigenvalue weighted by Gasteiger charge is -1.76. The quantitative estimate of drug-likeness (QED) is 0.410. The summed E-state index contributed by atoms with van der Waals surface area (Å²) in [5.74, 6) is 0. The fourth-order valence-electron chi connectivity index (χ4n) is 0.600. The third kappa shape index (κ3) is 7.26. The molecule has 0 heterocycles. The van der Waals surface area contributed by atoms with Crippen LogP contribution in [-0.4, -0.2) is 0 Å². The van der Waals surface area contributed by atoms with E-state index in [0.717, 1.165) is 19.3 Å². The molecule has 0 atom stereocenters. The van der Waals surface area contributed by atoms with Crippen LogP contribution in [0.3, 0.4) is 0 Å². The lowest BCUT2D eigenvalue weighted by atomic mass is 10.3. The summed E-state index contributed by atoms with van der Waals surface area (Å²) in [6, 6.07) is 0. The van der Waals surface area contributed by atoms with Crippen LogP contribution in [0.5, 0.6) is 0 Å². The Balaban J connectivity index is 3.34. The molecule has 0 radical (unpaired) electrons. The van der Waals surface area contributed by atoms with E-state index in [1.54, 1.807) is 0 Å². The maximum Gasteiger partial charge on any atom is -0.00930 e. The molecular weight excluding hydrogens is 120 g/mol. The Morgan fingerprint density at radius 1 is 1.00 bits per heavy atom. The van der Waals surface area contributed by atoms with Gasteiger partial charge in [0.15, 0.2) is 0 Å². The molecule has 0 aromatic heterocycles. The molecule has 0 fully saturated rings. The van der Waals surface area contributed by atoms with Gasteiger partial charge < -0.3 is 0 Å². The highest BCUT2D eigenvalue weighted by Gasteiger charge is 1.66. The van der Waals surface area contributed by atoms with E-state index >= 15 is 0 Å². The topological polar surface area (TPSA) is 0 Å². The monoisotopic (exact) mass is 136 g/mol. The van der Waals surface area contributed by atoms with Gasteiger partial charge in [-0.3, -0.25) is 0 Å². The Kier molecular flexibility index (Phi) is 7.65. The first-order valence-corrected chi connectivity index (χ1v) is 3.96. The van der Waals surface area contributed by atoms with Crippen LogP contribution in [0.15, 0.2) is 30.0 Å². The molecular formula is C10H16. The Morgan fingerprint density at radius 3 is 2.40 bits per heavy atom. The number of hydrogen-bond donors (Lipinski definition) is 0. The molecule has 0 bridgehead atoms. The Bertz CT molecular complexity index is 134. The predicted molar refractivity (Wildman–Crippen MR) is 47.0 cm³/mol. The van der Waals surface area contributed by atoms with E-state index in [1.165, 1.54) is 0 Å². The predicted octanol–water partition coefficient (Wildman–Crippen LogP) is 3.46. The Labute approximate surface area is 64.0 Å². The summed E-state index contributed by atoms with van der Waals surface area (Å²) in [6.45, 7) is 4.25. The minimum absolute atomic E-state index is 1.02. The first-order chi connectivity index (χ1) is 4.91. The molecule has 0 N–H and O–H groups in total. The van der Waals surface area contributed by atoms with Gasteiger partial charge in [0.25, 0.3) is 0 Å². The minimum Gasteiger partial charge on any atom is -0.129 e. The van der Waals surface area contributed by atoms with Crippen molar-refractivity contribution in [1.82, 2.24) is 0 Å². The van der Waals surface area contributed by atoms with E-state index in [-0.39, 0.29) is 0 Å². The highest BCUT2D eigenvalue weighted by atomic mass is 13.7. The van der Waals surface area contributed by atoms with Gasteiger partial charge in [-0.25, -0.2) is 0 Å². The molecule has 0 aromatic carbocycles. The summed E-state index contributed by atoms with van der Waals surface area (Å²) < 4.78 is 0. The average Bonchev–Trinajstić information content (AvgIpc) is 1.97. The lowest BCUT2D eigenvalue weighted by molar-refractivity contribution is 1.20. The smallest absolute Gasteiger partial charge is 0.00930 e. The third-order valence-electron chi connectivity index (χ3n) is 1.10. The number of rotatable bonds is 4. The molecule has 0 amide bonds. The van der Waals surface area contributed by atoms with Gasteiger partial charge in [-0.05, 0) is 31.4 Å². The van der Waals surface area contributed by atoms with Crippen LogP contribution in [-0.2, 0) is 0 Å². The standard InChI is InChI=1S/C10H16/c1-3-5-7-9-10-8-6-4-2/h5-7,10H,3-4,9H2,1-2H3. The van der Waals surface area contributed by atoms with Crippen LogP contribution >= 0.6 is 0 Å². The van der Waals surface area contributed by atoms with E-state index in [9.17, 15) is 0 Å². The molecule has 0 rings (SSSR count). The van der Waals surface area contributed by atoms with Crippen molar-refractivity contribution in [3.8, 4) is 0 Å². The molecule has 0 unspecified atom stereocenters. The molecule has 0 heteroatoms. The maximum absolute atomic E-state index is 3.09. The van der Waals surface area contributed by atoms with Crippen molar-refractivity contribution in [2.45, 2.75) is 33.1 Å². The van der Waals surface area contributed by atoms with Crippen molar-refractivity contribution >= 4 is 0 Å². The SMILES string of the molecule is CCC=C=CCC=CCC. The van der Waals surface area contributed by atoms with E-state index < -0.39 is 0 Å². The van der Waals surface area contributed by atoms with Gasteiger partial charge in [0.2, 0.25) is 0 Å². The molecule has 56 valence electrons. The third-order valence-corrected chi connectivity index (χ3v) is 1.10. The minimum atomic E-state index is 1.02. The zero-order valence-corrected chi connectivity index (χ0v) is 6.93. The van der Waals surface area contributed by atoms with Crippen molar-refractivity contribution in [3.63, 3.8) is 0 Å². The van der Waals surface area contributed by atoms with Gasteiger partial charge in [0, 0.05) is 0 Å². The molecule has 0 spiro atoms. The van der Waals surface area contributed by atoms with E-state index in [1.807, 2.05) is 6.08 Å². The fraction of sp³-hybridized carbons (Fsp3) is 0.500. The lowest BCUT2D eigenvalue weighted by Crippen LogP contribution is -1.56. The van der Waals surface area contributed by atoms with Gasteiger partial charge in [-0.2, -0.15) is 0 Å². The fourth-order valence-corrected chi connectivity index (χ4v) is 0.600. The average molecular weight is 136 g/mol. The largest absolute Gasteiger partial charge is 0.129 e. The van der Waals surface area contributed by atoms with Crippen LogP contribution in [0, 0.1) is 0 Å². The van der Waals surface area contributed by atoms with Crippen molar-refractivity contribution in [2.75, 3.05) is 0 Å². The molecule has 0 nitrogen and oxygen atoms in total. The summed E-state index contributed by atoms with van der Waals surface area (Å²) >= 11 is 0. The number of hydrogen-bond acceptors (Lipinski definition) is 0. The molecule has 0 saturated carbocycles. The van der Waals surface area contributed by atoms with Crippen molar-refractivity contribution in [2.24, 2.45) is 0 Å². The van der Waals surface area contributed by atoms with Crippen molar-refractivity contribution < 1.29 is 0 Å². The highest BCUT2D eigenvalue weighted by Crippen LogP contribution is 1.86. The van der Waals surface area contributed by atoms with Crippen LogP contribution < -0.4 is 0 Å². The summed E-state index contributed by atoms with van der Waals surface area (Å²) in [4.78, 5) is 0. The van der Waals surface area contributed by atoms with Gasteiger partial charge in [-0.15, -0.1) is 5.73 Å². The van der Waals surface area contributed by atoms with Gasteiger partial charge >= 0.3 is 0 Å². The summed E-state index contributed by atoms with van der Waals surface area (Å²) in [5.41, 5.74) is 3.09. The summed E-state index contributed by atoms with van der Waals surface area (Å²) in [6.07, 6.45) is 11.7. The molecule has 0 aromatic rings. The van der Waals surface area contributed by atoms with Gasteiger partial charge in [-0.1, -0.05) is 26.0 Å². The van der Waals surface area contributed by atoms with Crippen LogP contribution in [0.2, 0.25) is 0 Å². The van der Waals surface area contributed by atoms with Crippen LogP contribution in [0.25, 0.3) is 0 Å². The molecule has 0 saturated heterocycles. The highest BCUT2D eigenvalue weighted by molar-refractivity contribution is 4.92. The first kappa shape index (κ1) is 9.26. The normalized spacial score (nSPS) is 9.40. The number of allylic oxidation sites excluding steroid dienone is 3. The molecule has 0 aliphatic heterocycles. The van der Waals surface area contributed by atoms with Gasteiger partial charge in [0.1, 0.15) is 0 Å². The maximum atomic E-state index is 3.09. The zero-order chi connectivity index (χ0) is 7.66. The second-order valence-corrected chi connectivity index (χ2v) is 2.10. The first-order valence-electron chi connectivity index (χ1n) is 3.96. The summed E-state index contributed by atoms with van der Waals surface area (Å²) in [5, 5.41) is 0. The van der Waals surface area contributed by atoms with Crippen molar-refractivity contribution in [1.29, 1.82) is 0 Å². The molecule has 10 heavy (non-hydrogen) atoms. The second kappa shape index (κ2) is 8.26. The second-order valence-electron chi connectivity index (χ2n) is 2.10. The van der Waals surface area contributed by atoms with E-state index in [2.05, 4.69) is 37.8 Å². The summed E-state index contributed by atoms with van der Waals surface area (Å²) in [7, 11) is 0. The van der Waals surface area contributed by atoms with E-state index in [4.69, 9.17) is 0 Å². The Hall–Kier alpha value is -0.740. The van der Waals surface area contributed by atoms with Crippen molar-refractivity contribution in [3.05, 3.63) is 30.0 Å². The molecule has 0 aliphatic carbocycles. The van der Waals surface area contributed by atoms with E-state index in [0.29, 0.717) is 0 Å². The zero-order valence-electron chi connectivity index (χ0n) is 6.93. The Morgan fingerprint density at radius 2 is 1.80 bits per heavy atom. The van der Waals surface area contributed by atoms with Gasteiger partial charge in [0.05, 0.1) is 0 Å². The van der Waals surface area contributed by atoms with Crippen LogP contribution in [0.4, 0.5) is 0 Å².